The summed E-state index contributed by atoms with van der Waals surface area (Å²) >= 11 is 0. The number of carbonyl (C=O) groups excluding carboxylic acids is 1. The quantitative estimate of drug-likeness (QED) is 0.861. The minimum absolute atomic E-state index is 0.0478. The molecule has 8 heteroatoms. The summed E-state index contributed by atoms with van der Waals surface area (Å²) < 4.78 is 13.5. The molecule has 4 heterocycles. The first-order valence-electron chi connectivity index (χ1n) is 10.6. The average molecular weight is 397 g/mol. The maximum absolute atomic E-state index is 13.0. The normalized spacial score (nSPS) is 20.8. The van der Waals surface area contributed by atoms with Crippen LogP contribution >= 0.6 is 0 Å². The van der Waals surface area contributed by atoms with Gasteiger partial charge in [0.05, 0.1) is 12.6 Å². The predicted octanol–water partition coefficient (Wildman–Crippen LogP) is 2.82. The van der Waals surface area contributed by atoms with E-state index in [9.17, 15) is 4.79 Å². The van der Waals surface area contributed by atoms with Gasteiger partial charge in [-0.2, -0.15) is 0 Å². The number of amides is 2. The highest BCUT2D eigenvalue weighted by Gasteiger charge is 2.31. The van der Waals surface area contributed by atoms with Crippen LogP contribution in [0.5, 0.6) is 11.5 Å². The van der Waals surface area contributed by atoms with Crippen LogP contribution in [0.15, 0.2) is 18.2 Å². The number of likely N-dealkylation sites (tertiary alicyclic amines) is 1. The van der Waals surface area contributed by atoms with Crippen molar-refractivity contribution in [2.24, 2.45) is 0 Å². The van der Waals surface area contributed by atoms with Gasteiger partial charge in [-0.3, -0.25) is 0 Å². The Morgan fingerprint density at radius 2 is 1.97 bits per heavy atom. The van der Waals surface area contributed by atoms with E-state index in [1.54, 1.807) is 0 Å². The van der Waals surface area contributed by atoms with Crippen LogP contribution in [0.3, 0.4) is 0 Å². The van der Waals surface area contributed by atoms with Crippen molar-refractivity contribution in [1.29, 1.82) is 0 Å². The van der Waals surface area contributed by atoms with Crippen molar-refractivity contribution >= 4 is 6.03 Å². The van der Waals surface area contributed by atoms with Gasteiger partial charge < -0.3 is 24.3 Å². The van der Waals surface area contributed by atoms with Gasteiger partial charge in [0.15, 0.2) is 17.3 Å². The third kappa shape index (κ3) is 3.63. The summed E-state index contributed by atoms with van der Waals surface area (Å²) in [6.45, 7) is 3.25. The predicted molar refractivity (Wildman–Crippen MR) is 106 cm³/mol. The van der Waals surface area contributed by atoms with E-state index in [4.69, 9.17) is 9.47 Å². The van der Waals surface area contributed by atoms with Crippen LogP contribution in [0.4, 0.5) is 4.79 Å². The first-order valence-corrected chi connectivity index (χ1v) is 10.6. The van der Waals surface area contributed by atoms with Crippen LogP contribution in [0.2, 0.25) is 0 Å². The third-order valence-electron chi connectivity index (χ3n) is 6.05. The molecule has 3 aliphatic heterocycles. The summed E-state index contributed by atoms with van der Waals surface area (Å²) in [5, 5.41) is 11.7. The van der Waals surface area contributed by atoms with E-state index in [1.165, 1.54) is 6.42 Å². The summed E-state index contributed by atoms with van der Waals surface area (Å²) in [6.07, 6.45) is 6.44. The number of ether oxygens (including phenoxy) is 2. The van der Waals surface area contributed by atoms with Crippen molar-refractivity contribution in [3.05, 3.63) is 35.4 Å². The third-order valence-corrected chi connectivity index (χ3v) is 6.05. The zero-order valence-corrected chi connectivity index (χ0v) is 16.6. The molecule has 0 bridgehead atoms. The molecule has 1 unspecified atom stereocenters. The number of hydrogen-bond donors (Lipinski definition) is 1. The molecule has 1 atom stereocenters. The lowest BCUT2D eigenvalue weighted by atomic mass is 10.0. The lowest BCUT2D eigenvalue weighted by Crippen LogP contribution is -2.39. The van der Waals surface area contributed by atoms with Crippen LogP contribution in [0.1, 0.15) is 55.4 Å². The molecule has 1 aromatic heterocycles. The summed E-state index contributed by atoms with van der Waals surface area (Å²) in [5.74, 6) is 3.45. The molecule has 2 aromatic rings. The van der Waals surface area contributed by atoms with Gasteiger partial charge in [-0.05, 0) is 43.4 Å². The second kappa shape index (κ2) is 7.93. The van der Waals surface area contributed by atoms with E-state index < -0.39 is 0 Å². The van der Waals surface area contributed by atoms with Gasteiger partial charge in [0.2, 0.25) is 0 Å². The second-order valence-electron chi connectivity index (χ2n) is 7.91. The van der Waals surface area contributed by atoms with Crippen molar-refractivity contribution in [2.45, 2.75) is 57.7 Å². The highest BCUT2D eigenvalue weighted by atomic mass is 16.6. The Labute approximate surface area is 170 Å². The highest BCUT2D eigenvalue weighted by molar-refractivity contribution is 5.75. The van der Waals surface area contributed by atoms with Crippen molar-refractivity contribution in [3.8, 4) is 11.5 Å². The van der Waals surface area contributed by atoms with Gasteiger partial charge in [0.1, 0.15) is 19.0 Å². The SMILES string of the molecule is O=C(NCc1nnc2n1CCCCC2)N1CCCC1c1ccc2c(c1)OCCO2. The maximum Gasteiger partial charge on any atom is 0.318 e. The van der Waals surface area contributed by atoms with Crippen LogP contribution in [-0.4, -0.2) is 45.5 Å². The monoisotopic (exact) mass is 397 g/mol. The first kappa shape index (κ1) is 18.3. The van der Waals surface area contributed by atoms with Crippen LogP contribution < -0.4 is 14.8 Å². The number of rotatable bonds is 3. The zero-order chi connectivity index (χ0) is 19.6. The topological polar surface area (TPSA) is 81.5 Å². The molecule has 3 aliphatic rings. The summed E-state index contributed by atoms with van der Waals surface area (Å²) in [4.78, 5) is 14.9. The molecule has 1 aromatic carbocycles. The molecule has 0 radical (unpaired) electrons. The van der Waals surface area contributed by atoms with E-state index in [-0.39, 0.29) is 12.1 Å². The van der Waals surface area contributed by atoms with E-state index >= 15 is 0 Å². The minimum Gasteiger partial charge on any atom is -0.486 e. The Morgan fingerprint density at radius 3 is 2.90 bits per heavy atom. The van der Waals surface area contributed by atoms with Gasteiger partial charge in [0, 0.05) is 19.5 Å². The lowest BCUT2D eigenvalue weighted by Gasteiger charge is -2.27. The number of urea groups is 1. The molecule has 29 heavy (non-hydrogen) atoms. The summed E-state index contributed by atoms with van der Waals surface area (Å²) in [5.41, 5.74) is 1.10. The van der Waals surface area contributed by atoms with Crippen LogP contribution in [0, 0.1) is 0 Å². The first-order chi connectivity index (χ1) is 14.3. The fourth-order valence-corrected chi connectivity index (χ4v) is 4.56. The fourth-order valence-electron chi connectivity index (χ4n) is 4.56. The smallest absolute Gasteiger partial charge is 0.318 e. The number of aryl methyl sites for hydroxylation is 1. The molecule has 154 valence electrons. The van der Waals surface area contributed by atoms with Gasteiger partial charge in [-0.25, -0.2) is 4.79 Å². The standard InChI is InChI=1S/C21H27N5O3/c27-21(22-14-20-24-23-19-6-2-1-3-9-26(19)20)25-10-4-5-16(25)15-7-8-17-18(13-15)29-12-11-28-17/h7-8,13,16H,1-6,9-12,14H2,(H,22,27). The van der Waals surface area contributed by atoms with Crippen molar-refractivity contribution in [2.75, 3.05) is 19.8 Å². The number of nitrogens with zero attached hydrogens (tertiary/aromatic N) is 4. The molecule has 5 rings (SSSR count). The molecule has 1 saturated heterocycles. The van der Waals surface area contributed by atoms with E-state index in [2.05, 4.69) is 20.1 Å². The Bertz CT molecular complexity index is 896. The van der Waals surface area contributed by atoms with Crippen LogP contribution in [-0.2, 0) is 19.5 Å². The second-order valence-corrected chi connectivity index (χ2v) is 7.91. The largest absolute Gasteiger partial charge is 0.486 e. The van der Waals surface area contributed by atoms with Gasteiger partial charge in [-0.1, -0.05) is 12.5 Å². The molecule has 1 fully saturated rings. The van der Waals surface area contributed by atoms with E-state index in [1.807, 2.05) is 23.1 Å². The van der Waals surface area contributed by atoms with Crippen molar-refractivity contribution < 1.29 is 14.3 Å². The Kier molecular flexibility index (Phi) is 4.99. The van der Waals surface area contributed by atoms with Gasteiger partial charge in [-0.15, -0.1) is 10.2 Å². The van der Waals surface area contributed by atoms with E-state index in [0.717, 1.165) is 73.9 Å². The molecule has 0 saturated carbocycles. The summed E-state index contributed by atoms with van der Waals surface area (Å²) in [7, 11) is 0. The Morgan fingerprint density at radius 1 is 1.07 bits per heavy atom. The number of carbonyl (C=O) groups is 1. The van der Waals surface area contributed by atoms with Gasteiger partial charge in [0.25, 0.3) is 0 Å². The number of aromatic nitrogens is 3. The van der Waals surface area contributed by atoms with Gasteiger partial charge >= 0.3 is 6.03 Å². The average Bonchev–Trinajstić information content (AvgIpc) is 3.33. The zero-order valence-electron chi connectivity index (χ0n) is 16.6. The number of fused-ring (bicyclic) bond motifs is 2. The minimum atomic E-state index is -0.0478. The summed E-state index contributed by atoms with van der Waals surface area (Å²) in [6, 6.07) is 6.02. The molecule has 8 nitrogen and oxygen atoms in total. The molecule has 0 spiro atoms. The molecular weight excluding hydrogens is 370 g/mol. The highest BCUT2D eigenvalue weighted by Crippen LogP contribution is 2.38. The van der Waals surface area contributed by atoms with Crippen molar-refractivity contribution in [1.82, 2.24) is 25.0 Å². The molecule has 0 aliphatic carbocycles. The molecular formula is C21H27N5O3. The van der Waals surface area contributed by atoms with Crippen molar-refractivity contribution in [3.63, 3.8) is 0 Å². The molecule has 1 N–H and O–H groups in total. The van der Waals surface area contributed by atoms with Crippen LogP contribution in [0.25, 0.3) is 0 Å². The fraction of sp³-hybridized carbons (Fsp3) is 0.571. The Balaban J connectivity index is 1.27. The molecule has 2 amide bonds. The number of hydrogen-bond acceptors (Lipinski definition) is 5. The number of nitrogens with one attached hydrogen (secondary N) is 1. The number of benzene rings is 1. The Hall–Kier alpha value is -2.77. The lowest BCUT2D eigenvalue weighted by molar-refractivity contribution is 0.170. The maximum atomic E-state index is 13.0. The van der Waals surface area contributed by atoms with E-state index in [0.29, 0.717) is 19.8 Å².